The van der Waals surface area contributed by atoms with Gasteiger partial charge in [-0.2, -0.15) is 0 Å². The van der Waals surface area contributed by atoms with Crippen LogP contribution in [-0.4, -0.2) is 40.1 Å². The van der Waals surface area contributed by atoms with Crippen LogP contribution in [0.25, 0.3) is 0 Å². The van der Waals surface area contributed by atoms with Crippen molar-refractivity contribution in [2.75, 3.05) is 13.1 Å². The molecular formula is C13H22N4O2S. The number of thiazole rings is 1. The number of hydrogen-bond donors (Lipinski definition) is 2. The van der Waals surface area contributed by atoms with E-state index in [2.05, 4.69) is 43.0 Å². The fourth-order valence-corrected chi connectivity index (χ4v) is 3.54. The molecule has 1 aliphatic heterocycles. The highest BCUT2D eigenvalue weighted by atomic mass is 32.1. The zero-order valence-electron chi connectivity index (χ0n) is 12.4. The Labute approximate surface area is 123 Å². The lowest BCUT2D eigenvalue weighted by Crippen LogP contribution is -2.56. The van der Waals surface area contributed by atoms with Gasteiger partial charge in [0, 0.05) is 25.0 Å². The normalized spacial score (nSPS) is 21.6. The van der Waals surface area contributed by atoms with Crippen LogP contribution in [-0.2, 0) is 11.3 Å². The number of aromatic nitrogens is 1. The van der Waals surface area contributed by atoms with E-state index in [-0.39, 0.29) is 17.1 Å². The Balaban J connectivity index is 2.06. The van der Waals surface area contributed by atoms with Crippen LogP contribution in [0.1, 0.15) is 43.2 Å². The average molecular weight is 298 g/mol. The van der Waals surface area contributed by atoms with Gasteiger partial charge in [-0.05, 0) is 27.7 Å². The molecule has 0 unspecified atom stereocenters. The minimum absolute atomic E-state index is 0.185. The van der Waals surface area contributed by atoms with Crippen LogP contribution in [0.2, 0.25) is 0 Å². The molecule has 20 heavy (non-hydrogen) atoms. The van der Waals surface area contributed by atoms with Crippen LogP contribution < -0.4 is 11.3 Å². The summed E-state index contributed by atoms with van der Waals surface area (Å²) in [5.41, 5.74) is 2.62. The summed E-state index contributed by atoms with van der Waals surface area (Å²) >= 11 is 1.31. The molecule has 0 bridgehead atoms. The van der Waals surface area contributed by atoms with Gasteiger partial charge in [0.1, 0.15) is 0 Å². The summed E-state index contributed by atoms with van der Waals surface area (Å²) in [7, 11) is 0. The number of rotatable bonds is 3. The lowest BCUT2D eigenvalue weighted by molar-refractivity contribution is -0.182. The summed E-state index contributed by atoms with van der Waals surface area (Å²) < 4.78 is 6.05. The van der Waals surface area contributed by atoms with E-state index in [0.29, 0.717) is 11.6 Å². The van der Waals surface area contributed by atoms with E-state index in [1.807, 2.05) is 5.38 Å². The van der Waals surface area contributed by atoms with Crippen molar-refractivity contribution in [2.45, 2.75) is 45.4 Å². The lowest BCUT2D eigenvalue weighted by atomic mass is 9.99. The van der Waals surface area contributed by atoms with E-state index >= 15 is 0 Å². The first-order chi connectivity index (χ1) is 9.21. The number of nitrogens with zero attached hydrogens (tertiary/aromatic N) is 2. The molecule has 1 saturated heterocycles. The van der Waals surface area contributed by atoms with E-state index in [4.69, 9.17) is 10.6 Å². The third-order valence-electron chi connectivity index (χ3n) is 3.02. The van der Waals surface area contributed by atoms with E-state index in [9.17, 15) is 4.79 Å². The first-order valence-electron chi connectivity index (χ1n) is 6.59. The third-order valence-corrected chi connectivity index (χ3v) is 3.91. The topological polar surface area (TPSA) is 80.5 Å². The van der Waals surface area contributed by atoms with Gasteiger partial charge >= 0.3 is 0 Å². The quantitative estimate of drug-likeness (QED) is 0.497. The minimum atomic E-state index is -0.344. The van der Waals surface area contributed by atoms with Crippen molar-refractivity contribution in [3.8, 4) is 0 Å². The Kier molecular flexibility index (Phi) is 4.15. The van der Waals surface area contributed by atoms with Gasteiger partial charge in [0.05, 0.1) is 16.9 Å². The maximum absolute atomic E-state index is 11.4. The molecule has 1 aromatic rings. The Bertz CT molecular complexity index is 482. The van der Waals surface area contributed by atoms with E-state index in [1.54, 1.807) is 0 Å². The summed E-state index contributed by atoms with van der Waals surface area (Å²) in [6.45, 7) is 10.8. The van der Waals surface area contributed by atoms with Crippen LogP contribution >= 0.6 is 11.3 Å². The molecule has 0 saturated carbocycles. The SMILES string of the molecule is CC1(C)CN(Cc2csc(C(=O)NN)n2)CC(C)(C)O1. The number of nitrogens with two attached hydrogens (primary N) is 1. The zero-order valence-corrected chi connectivity index (χ0v) is 13.2. The van der Waals surface area contributed by atoms with Crippen molar-refractivity contribution in [1.82, 2.24) is 15.3 Å². The number of amides is 1. The molecule has 0 spiro atoms. The Hall–Kier alpha value is -1.02. The number of hydrogen-bond acceptors (Lipinski definition) is 6. The van der Waals surface area contributed by atoms with Crippen molar-refractivity contribution in [3.63, 3.8) is 0 Å². The summed E-state index contributed by atoms with van der Waals surface area (Å²) in [4.78, 5) is 18.0. The molecule has 0 atom stereocenters. The van der Waals surface area contributed by atoms with Crippen LogP contribution in [0, 0.1) is 0 Å². The molecule has 2 rings (SSSR count). The lowest BCUT2D eigenvalue weighted by Gasteiger charge is -2.47. The monoisotopic (exact) mass is 298 g/mol. The molecule has 3 N–H and O–H groups in total. The molecule has 1 fully saturated rings. The standard InChI is InChI=1S/C13H22N4O2S/c1-12(2)7-17(8-13(3,4)19-12)5-9-6-20-11(15-9)10(18)16-14/h6H,5,7-8,14H2,1-4H3,(H,16,18). The number of hydrazine groups is 1. The number of nitrogens with one attached hydrogen (secondary N) is 1. The Morgan fingerprint density at radius 2 is 2.05 bits per heavy atom. The minimum Gasteiger partial charge on any atom is -0.367 e. The highest BCUT2D eigenvalue weighted by Gasteiger charge is 2.38. The maximum Gasteiger partial charge on any atom is 0.294 e. The molecule has 7 heteroatoms. The van der Waals surface area contributed by atoms with Crippen molar-refractivity contribution >= 4 is 17.2 Å². The average Bonchev–Trinajstić information content (AvgIpc) is 2.72. The second-order valence-corrected chi connectivity index (χ2v) is 7.24. The summed E-state index contributed by atoms with van der Waals surface area (Å²) in [5, 5.41) is 2.30. The van der Waals surface area contributed by atoms with Gasteiger partial charge in [-0.25, -0.2) is 10.8 Å². The van der Waals surface area contributed by atoms with E-state index in [1.165, 1.54) is 11.3 Å². The second-order valence-electron chi connectivity index (χ2n) is 6.38. The summed E-state index contributed by atoms with van der Waals surface area (Å²) in [6.07, 6.45) is 0. The van der Waals surface area contributed by atoms with Crippen molar-refractivity contribution in [2.24, 2.45) is 5.84 Å². The van der Waals surface area contributed by atoms with Gasteiger partial charge in [0.25, 0.3) is 5.91 Å². The van der Waals surface area contributed by atoms with Gasteiger partial charge in [-0.1, -0.05) is 0 Å². The number of nitrogen functional groups attached to an aromatic ring is 1. The van der Waals surface area contributed by atoms with Crippen LogP contribution in [0.5, 0.6) is 0 Å². The van der Waals surface area contributed by atoms with Gasteiger partial charge in [-0.3, -0.25) is 15.1 Å². The maximum atomic E-state index is 11.4. The Morgan fingerprint density at radius 1 is 1.45 bits per heavy atom. The van der Waals surface area contributed by atoms with Crippen molar-refractivity contribution in [3.05, 3.63) is 16.1 Å². The number of carbonyl (C=O) groups excluding carboxylic acids is 1. The number of ether oxygens (including phenoxy) is 1. The molecule has 0 aromatic carbocycles. The van der Waals surface area contributed by atoms with Crippen LogP contribution in [0.3, 0.4) is 0 Å². The highest BCUT2D eigenvalue weighted by molar-refractivity contribution is 7.11. The third kappa shape index (κ3) is 3.76. The molecule has 2 heterocycles. The van der Waals surface area contributed by atoms with Crippen LogP contribution in [0.15, 0.2) is 5.38 Å². The summed E-state index contributed by atoms with van der Waals surface area (Å²) in [5.74, 6) is 4.77. The van der Waals surface area contributed by atoms with Gasteiger partial charge in [-0.15, -0.1) is 11.3 Å². The summed E-state index contributed by atoms with van der Waals surface area (Å²) in [6, 6.07) is 0. The molecule has 0 radical (unpaired) electrons. The highest BCUT2D eigenvalue weighted by Crippen LogP contribution is 2.29. The first-order valence-corrected chi connectivity index (χ1v) is 7.47. The van der Waals surface area contributed by atoms with Gasteiger partial charge < -0.3 is 4.74 Å². The number of morpholine rings is 1. The fraction of sp³-hybridized carbons (Fsp3) is 0.692. The molecule has 1 amide bonds. The zero-order chi connectivity index (χ0) is 15.0. The number of carbonyl (C=O) groups is 1. The first kappa shape index (κ1) is 15.4. The molecule has 0 aliphatic carbocycles. The second kappa shape index (κ2) is 5.40. The molecule has 1 aliphatic rings. The molecule has 1 aromatic heterocycles. The molecule has 112 valence electrons. The Morgan fingerprint density at radius 3 is 2.60 bits per heavy atom. The largest absolute Gasteiger partial charge is 0.367 e. The van der Waals surface area contributed by atoms with Crippen molar-refractivity contribution < 1.29 is 9.53 Å². The smallest absolute Gasteiger partial charge is 0.294 e. The fourth-order valence-electron chi connectivity index (χ4n) is 2.83. The molecular weight excluding hydrogens is 276 g/mol. The van der Waals surface area contributed by atoms with E-state index < -0.39 is 0 Å². The predicted octanol–water partition coefficient (Wildman–Crippen LogP) is 1.14. The predicted molar refractivity (Wildman–Crippen MR) is 78.3 cm³/mol. The van der Waals surface area contributed by atoms with Crippen LogP contribution in [0.4, 0.5) is 0 Å². The molecule has 6 nitrogen and oxygen atoms in total. The van der Waals surface area contributed by atoms with E-state index in [0.717, 1.165) is 18.8 Å². The van der Waals surface area contributed by atoms with Gasteiger partial charge in [0.15, 0.2) is 5.01 Å². The van der Waals surface area contributed by atoms with Gasteiger partial charge in [0.2, 0.25) is 0 Å². The van der Waals surface area contributed by atoms with Crippen molar-refractivity contribution in [1.29, 1.82) is 0 Å².